The van der Waals surface area contributed by atoms with Gasteiger partial charge in [0, 0.05) is 0 Å². The maximum absolute atomic E-state index is 11.8. The van der Waals surface area contributed by atoms with Gasteiger partial charge < -0.3 is 14.8 Å². The summed E-state index contributed by atoms with van der Waals surface area (Å²) in [6.07, 6.45) is 1.28. The van der Waals surface area contributed by atoms with E-state index in [9.17, 15) is 9.90 Å². The second-order valence-electron chi connectivity index (χ2n) is 4.17. The van der Waals surface area contributed by atoms with Crippen molar-refractivity contribution < 1.29 is 9.84 Å². The summed E-state index contributed by atoms with van der Waals surface area (Å²) in [6, 6.07) is 9.21. The molecule has 0 aliphatic heterocycles. The van der Waals surface area contributed by atoms with Gasteiger partial charge in [-0.25, -0.2) is 0 Å². The summed E-state index contributed by atoms with van der Waals surface area (Å²) in [5, 5.41) is 9.71. The minimum atomic E-state index is -0.305. The molecule has 1 heterocycles. The summed E-state index contributed by atoms with van der Waals surface area (Å²) < 4.78 is 5.46. The van der Waals surface area contributed by atoms with Crippen LogP contribution in [0.3, 0.4) is 0 Å². The van der Waals surface area contributed by atoms with Crippen LogP contribution in [-0.4, -0.2) is 15.1 Å². The Bertz CT molecular complexity index is 593. The SMILES string of the molecule is CCCc1c(O)nc(COc2ccccc2)[nH]c1=O. The Morgan fingerprint density at radius 2 is 2.05 bits per heavy atom. The van der Waals surface area contributed by atoms with E-state index in [1.165, 1.54) is 0 Å². The van der Waals surface area contributed by atoms with Crippen LogP contribution in [0.1, 0.15) is 24.7 Å². The van der Waals surface area contributed by atoms with Crippen molar-refractivity contribution >= 4 is 0 Å². The third-order valence-electron chi connectivity index (χ3n) is 2.66. The lowest BCUT2D eigenvalue weighted by molar-refractivity contribution is 0.292. The van der Waals surface area contributed by atoms with Gasteiger partial charge in [-0.15, -0.1) is 0 Å². The average Bonchev–Trinajstić information content (AvgIpc) is 2.42. The Morgan fingerprint density at radius 1 is 1.32 bits per heavy atom. The van der Waals surface area contributed by atoms with Crippen LogP contribution in [0.4, 0.5) is 0 Å². The first-order chi connectivity index (χ1) is 9.20. The molecule has 5 nitrogen and oxygen atoms in total. The lowest BCUT2D eigenvalue weighted by Gasteiger charge is -2.07. The molecular weight excluding hydrogens is 244 g/mol. The fraction of sp³-hybridized carbons (Fsp3) is 0.286. The Morgan fingerprint density at radius 3 is 2.68 bits per heavy atom. The van der Waals surface area contributed by atoms with Crippen LogP contribution in [0, 0.1) is 0 Å². The van der Waals surface area contributed by atoms with E-state index in [1.807, 2.05) is 37.3 Å². The molecule has 100 valence electrons. The number of H-pyrrole nitrogens is 1. The zero-order valence-electron chi connectivity index (χ0n) is 10.7. The molecule has 0 aliphatic carbocycles. The van der Waals surface area contributed by atoms with Crippen molar-refractivity contribution in [2.45, 2.75) is 26.4 Å². The highest BCUT2D eigenvalue weighted by atomic mass is 16.5. The second-order valence-corrected chi connectivity index (χ2v) is 4.17. The van der Waals surface area contributed by atoms with Crippen LogP contribution in [0.25, 0.3) is 0 Å². The van der Waals surface area contributed by atoms with Crippen molar-refractivity contribution in [3.05, 3.63) is 52.1 Å². The lowest BCUT2D eigenvalue weighted by atomic mass is 10.2. The molecule has 19 heavy (non-hydrogen) atoms. The molecule has 0 spiro atoms. The topological polar surface area (TPSA) is 75.2 Å². The van der Waals surface area contributed by atoms with Gasteiger partial charge in [-0.1, -0.05) is 31.5 Å². The number of para-hydroxylation sites is 1. The molecule has 1 aromatic heterocycles. The summed E-state index contributed by atoms with van der Waals surface area (Å²) in [6.45, 7) is 2.05. The van der Waals surface area contributed by atoms with Crippen LogP contribution < -0.4 is 10.3 Å². The van der Waals surface area contributed by atoms with E-state index in [4.69, 9.17) is 4.74 Å². The van der Waals surface area contributed by atoms with Gasteiger partial charge in [-0.3, -0.25) is 4.79 Å². The van der Waals surface area contributed by atoms with E-state index < -0.39 is 0 Å². The summed E-state index contributed by atoms with van der Waals surface area (Å²) in [7, 11) is 0. The number of nitrogens with zero attached hydrogens (tertiary/aromatic N) is 1. The number of aromatic amines is 1. The van der Waals surface area contributed by atoms with Gasteiger partial charge in [0.1, 0.15) is 12.4 Å². The van der Waals surface area contributed by atoms with Crippen molar-refractivity contribution in [1.82, 2.24) is 9.97 Å². The molecule has 0 saturated heterocycles. The maximum Gasteiger partial charge on any atom is 0.258 e. The summed E-state index contributed by atoms with van der Waals surface area (Å²) in [5.41, 5.74) is 0.0203. The van der Waals surface area contributed by atoms with E-state index >= 15 is 0 Å². The van der Waals surface area contributed by atoms with Crippen molar-refractivity contribution in [3.8, 4) is 11.6 Å². The van der Waals surface area contributed by atoms with Crippen LogP contribution >= 0.6 is 0 Å². The molecule has 0 saturated carbocycles. The first-order valence-corrected chi connectivity index (χ1v) is 6.19. The monoisotopic (exact) mass is 260 g/mol. The zero-order valence-corrected chi connectivity index (χ0v) is 10.7. The number of aromatic hydroxyl groups is 1. The molecular formula is C14H16N2O3. The number of hydrogen-bond acceptors (Lipinski definition) is 4. The standard InChI is InChI=1S/C14H16N2O3/c1-2-6-11-13(17)15-12(16-14(11)18)9-19-10-7-4-3-5-8-10/h3-5,7-8H,2,6,9H2,1H3,(H2,15,16,17,18). The van der Waals surface area contributed by atoms with E-state index in [-0.39, 0.29) is 18.0 Å². The molecule has 5 heteroatoms. The Kier molecular flexibility index (Phi) is 4.18. The minimum absolute atomic E-state index is 0.110. The largest absolute Gasteiger partial charge is 0.493 e. The molecule has 0 atom stereocenters. The van der Waals surface area contributed by atoms with Gasteiger partial charge in [-0.05, 0) is 18.6 Å². The van der Waals surface area contributed by atoms with Crippen molar-refractivity contribution in [3.63, 3.8) is 0 Å². The van der Waals surface area contributed by atoms with E-state index in [0.717, 1.165) is 6.42 Å². The predicted molar refractivity (Wildman–Crippen MR) is 71.3 cm³/mol. The van der Waals surface area contributed by atoms with Crippen molar-refractivity contribution in [2.24, 2.45) is 0 Å². The maximum atomic E-state index is 11.8. The molecule has 0 fully saturated rings. The van der Waals surface area contributed by atoms with Gasteiger partial charge in [0.25, 0.3) is 5.56 Å². The average molecular weight is 260 g/mol. The number of ether oxygens (including phenoxy) is 1. The highest BCUT2D eigenvalue weighted by molar-refractivity contribution is 5.23. The van der Waals surface area contributed by atoms with E-state index in [2.05, 4.69) is 9.97 Å². The first-order valence-electron chi connectivity index (χ1n) is 6.19. The van der Waals surface area contributed by atoms with Crippen LogP contribution in [0.15, 0.2) is 35.1 Å². The number of nitrogens with one attached hydrogen (secondary N) is 1. The summed E-state index contributed by atoms with van der Waals surface area (Å²) in [4.78, 5) is 18.3. The molecule has 1 aromatic carbocycles. The van der Waals surface area contributed by atoms with Gasteiger partial charge in [0.15, 0.2) is 5.82 Å². The molecule has 0 amide bonds. The first kappa shape index (κ1) is 13.1. The fourth-order valence-electron chi connectivity index (χ4n) is 1.74. The second kappa shape index (κ2) is 6.04. The minimum Gasteiger partial charge on any atom is -0.493 e. The Labute approximate surface area is 110 Å². The van der Waals surface area contributed by atoms with Gasteiger partial charge in [-0.2, -0.15) is 4.98 Å². The van der Waals surface area contributed by atoms with Crippen LogP contribution in [0.2, 0.25) is 0 Å². The van der Waals surface area contributed by atoms with Crippen molar-refractivity contribution in [2.75, 3.05) is 0 Å². The number of hydrogen-bond donors (Lipinski definition) is 2. The Balaban J connectivity index is 2.12. The molecule has 2 rings (SSSR count). The van der Waals surface area contributed by atoms with Gasteiger partial charge in [0.2, 0.25) is 5.88 Å². The smallest absolute Gasteiger partial charge is 0.258 e. The van der Waals surface area contributed by atoms with Crippen LogP contribution in [0.5, 0.6) is 11.6 Å². The molecule has 0 bridgehead atoms. The molecule has 0 unspecified atom stereocenters. The third kappa shape index (κ3) is 3.34. The number of aromatic nitrogens is 2. The van der Waals surface area contributed by atoms with Crippen LogP contribution in [-0.2, 0) is 13.0 Å². The summed E-state index contributed by atoms with van der Waals surface area (Å²) >= 11 is 0. The summed E-state index contributed by atoms with van der Waals surface area (Å²) in [5.74, 6) is 0.783. The lowest BCUT2D eigenvalue weighted by Crippen LogP contribution is -2.17. The predicted octanol–water partition coefficient (Wildman–Crippen LogP) is 2.01. The van der Waals surface area contributed by atoms with Gasteiger partial charge >= 0.3 is 0 Å². The number of rotatable bonds is 5. The highest BCUT2D eigenvalue weighted by Crippen LogP contribution is 2.13. The highest BCUT2D eigenvalue weighted by Gasteiger charge is 2.09. The molecule has 2 aromatic rings. The molecule has 0 aliphatic rings. The van der Waals surface area contributed by atoms with Gasteiger partial charge in [0.05, 0.1) is 5.56 Å². The normalized spacial score (nSPS) is 10.4. The third-order valence-corrected chi connectivity index (χ3v) is 2.66. The molecule has 2 N–H and O–H groups in total. The zero-order chi connectivity index (χ0) is 13.7. The fourth-order valence-corrected chi connectivity index (χ4v) is 1.74. The van der Waals surface area contributed by atoms with Crippen molar-refractivity contribution in [1.29, 1.82) is 0 Å². The van der Waals surface area contributed by atoms with E-state index in [1.54, 1.807) is 0 Å². The number of benzene rings is 1. The quantitative estimate of drug-likeness (QED) is 0.862. The Hall–Kier alpha value is -2.30. The van der Waals surface area contributed by atoms with E-state index in [0.29, 0.717) is 23.6 Å². The molecule has 0 radical (unpaired) electrons.